The van der Waals surface area contributed by atoms with Crippen molar-refractivity contribution >= 4 is 0 Å². The largest absolute Gasteiger partial charge is 0.326 e. The van der Waals surface area contributed by atoms with Gasteiger partial charge < -0.3 is 5.73 Å². The zero-order valence-electron chi connectivity index (χ0n) is 11.7. The molecule has 0 fully saturated rings. The van der Waals surface area contributed by atoms with Crippen LogP contribution in [0.15, 0.2) is 54.9 Å². The van der Waals surface area contributed by atoms with Crippen LogP contribution in [0.1, 0.15) is 18.5 Å². The normalized spacial score (nSPS) is 13.8. The Hall–Kier alpha value is -2.60. The van der Waals surface area contributed by atoms with Crippen molar-refractivity contribution in [2.45, 2.75) is 19.0 Å². The topological polar surface area (TPSA) is 82.5 Å². The zero-order valence-corrected chi connectivity index (χ0v) is 11.7. The highest BCUT2D eigenvalue weighted by Gasteiger charge is 2.21. The highest BCUT2D eigenvalue weighted by molar-refractivity contribution is 5.53. The second kappa shape index (κ2) is 5.80. The third-order valence-electron chi connectivity index (χ3n) is 3.25. The number of hydrogen-bond acceptors (Lipinski definition) is 5. The van der Waals surface area contributed by atoms with E-state index in [1.807, 2.05) is 49.4 Å². The van der Waals surface area contributed by atoms with Crippen molar-refractivity contribution in [3.63, 3.8) is 0 Å². The summed E-state index contributed by atoms with van der Waals surface area (Å²) in [5.74, 6) is 0.593. The first-order valence-corrected chi connectivity index (χ1v) is 6.76. The molecule has 0 spiro atoms. The maximum absolute atomic E-state index is 6.10. The van der Waals surface area contributed by atoms with Crippen molar-refractivity contribution in [3.8, 4) is 11.4 Å². The number of nitrogens with zero attached hydrogens (tertiary/aromatic N) is 5. The van der Waals surface area contributed by atoms with Crippen molar-refractivity contribution in [2.24, 2.45) is 5.73 Å². The summed E-state index contributed by atoms with van der Waals surface area (Å²) in [5, 5.41) is 12.8. The van der Waals surface area contributed by atoms with E-state index in [-0.39, 0.29) is 12.1 Å². The maximum atomic E-state index is 6.10. The minimum absolute atomic E-state index is 0.148. The number of tetrazole rings is 1. The van der Waals surface area contributed by atoms with Gasteiger partial charge in [-0.05, 0) is 29.8 Å². The summed E-state index contributed by atoms with van der Waals surface area (Å²) in [6, 6.07) is 13.3. The summed E-state index contributed by atoms with van der Waals surface area (Å²) >= 11 is 0. The number of rotatable bonds is 4. The third-order valence-corrected chi connectivity index (χ3v) is 3.25. The van der Waals surface area contributed by atoms with E-state index in [4.69, 9.17) is 5.73 Å². The van der Waals surface area contributed by atoms with Crippen molar-refractivity contribution in [3.05, 3.63) is 60.4 Å². The number of aromatic nitrogens is 5. The Kier molecular flexibility index (Phi) is 3.70. The average molecular weight is 280 g/mol. The fourth-order valence-corrected chi connectivity index (χ4v) is 2.25. The predicted octanol–water partition coefficient (Wildman–Crippen LogP) is 1.67. The molecule has 0 saturated heterocycles. The van der Waals surface area contributed by atoms with E-state index >= 15 is 0 Å². The van der Waals surface area contributed by atoms with Gasteiger partial charge in [0.1, 0.15) is 6.04 Å². The van der Waals surface area contributed by atoms with Crippen molar-refractivity contribution in [1.82, 2.24) is 25.2 Å². The third kappa shape index (κ3) is 2.80. The Morgan fingerprint density at radius 1 is 1.05 bits per heavy atom. The average Bonchev–Trinajstić information content (AvgIpc) is 2.98. The second-order valence-corrected chi connectivity index (χ2v) is 4.88. The lowest BCUT2D eigenvalue weighted by Gasteiger charge is -2.19. The van der Waals surface area contributed by atoms with Crippen molar-refractivity contribution in [1.29, 1.82) is 0 Å². The SMILES string of the molecule is CC(N)C(c1ccncc1)n1nnc(-c2ccccc2)n1. The molecule has 0 amide bonds. The van der Waals surface area contributed by atoms with Crippen LogP contribution in [0, 0.1) is 0 Å². The summed E-state index contributed by atoms with van der Waals surface area (Å²) in [4.78, 5) is 5.60. The molecule has 0 bridgehead atoms. The lowest BCUT2D eigenvalue weighted by atomic mass is 10.0. The molecule has 1 aromatic carbocycles. The van der Waals surface area contributed by atoms with Gasteiger partial charge in [0.2, 0.25) is 5.82 Å². The molecule has 0 saturated carbocycles. The molecule has 2 N–H and O–H groups in total. The summed E-state index contributed by atoms with van der Waals surface area (Å²) in [7, 11) is 0. The number of nitrogens with two attached hydrogens (primary N) is 1. The van der Waals surface area contributed by atoms with E-state index in [2.05, 4.69) is 20.4 Å². The molecule has 0 aliphatic carbocycles. The van der Waals surface area contributed by atoms with Crippen LogP contribution < -0.4 is 5.73 Å². The standard InChI is InChI=1S/C15H16N6/c1-11(16)14(12-7-9-17-10-8-12)21-19-15(18-20-21)13-5-3-2-4-6-13/h2-11,14H,16H2,1H3. The fourth-order valence-electron chi connectivity index (χ4n) is 2.25. The Balaban J connectivity index is 1.97. The molecule has 6 nitrogen and oxygen atoms in total. The molecule has 106 valence electrons. The second-order valence-electron chi connectivity index (χ2n) is 4.88. The van der Waals surface area contributed by atoms with E-state index in [0.717, 1.165) is 11.1 Å². The lowest BCUT2D eigenvalue weighted by Crippen LogP contribution is -2.31. The highest BCUT2D eigenvalue weighted by Crippen LogP contribution is 2.20. The summed E-state index contributed by atoms with van der Waals surface area (Å²) in [5.41, 5.74) is 8.04. The first-order chi connectivity index (χ1) is 10.3. The van der Waals surface area contributed by atoms with Gasteiger partial charge in [0, 0.05) is 24.0 Å². The molecule has 2 unspecified atom stereocenters. The van der Waals surface area contributed by atoms with Gasteiger partial charge in [0.15, 0.2) is 0 Å². The molecular weight excluding hydrogens is 264 g/mol. The van der Waals surface area contributed by atoms with E-state index in [1.54, 1.807) is 17.2 Å². The van der Waals surface area contributed by atoms with Crippen LogP contribution in [0.5, 0.6) is 0 Å². The van der Waals surface area contributed by atoms with E-state index in [9.17, 15) is 0 Å². The van der Waals surface area contributed by atoms with Gasteiger partial charge in [0.05, 0.1) is 0 Å². The van der Waals surface area contributed by atoms with Crippen molar-refractivity contribution < 1.29 is 0 Å². The van der Waals surface area contributed by atoms with E-state index in [0.29, 0.717) is 5.82 Å². The van der Waals surface area contributed by atoms with Crippen LogP contribution in [-0.2, 0) is 0 Å². The summed E-state index contributed by atoms with van der Waals surface area (Å²) in [6.07, 6.45) is 3.47. The lowest BCUT2D eigenvalue weighted by molar-refractivity contribution is 0.400. The molecule has 0 aliphatic rings. The van der Waals surface area contributed by atoms with Gasteiger partial charge in [-0.1, -0.05) is 30.3 Å². The molecule has 2 atom stereocenters. The van der Waals surface area contributed by atoms with Gasteiger partial charge >= 0.3 is 0 Å². The Morgan fingerprint density at radius 2 is 1.76 bits per heavy atom. The van der Waals surface area contributed by atoms with Gasteiger partial charge in [-0.2, -0.15) is 4.80 Å². The minimum Gasteiger partial charge on any atom is -0.326 e. The minimum atomic E-state index is -0.169. The number of pyridine rings is 1. The smallest absolute Gasteiger partial charge is 0.204 e. The monoisotopic (exact) mass is 280 g/mol. The van der Waals surface area contributed by atoms with Crippen LogP contribution in [0.25, 0.3) is 11.4 Å². The van der Waals surface area contributed by atoms with Crippen LogP contribution in [0.2, 0.25) is 0 Å². The molecule has 0 radical (unpaired) electrons. The Labute approximate surface area is 122 Å². The molecule has 21 heavy (non-hydrogen) atoms. The fraction of sp³-hybridized carbons (Fsp3) is 0.200. The van der Waals surface area contributed by atoms with E-state index in [1.165, 1.54) is 0 Å². The Morgan fingerprint density at radius 3 is 2.43 bits per heavy atom. The zero-order chi connectivity index (χ0) is 14.7. The van der Waals surface area contributed by atoms with Gasteiger partial charge in [0.25, 0.3) is 0 Å². The first-order valence-electron chi connectivity index (χ1n) is 6.76. The van der Waals surface area contributed by atoms with Crippen LogP contribution in [0.4, 0.5) is 0 Å². The molecule has 2 aromatic heterocycles. The molecule has 0 aliphatic heterocycles. The molecule has 3 aromatic rings. The van der Waals surface area contributed by atoms with Gasteiger partial charge in [-0.25, -0.2) is 0 Å². The Bertz CT molecular complexity index is 692. The summed E-state index contributed by atoms with van der Waals surface area (Å²) in [6.45, 7) is 1.93. The van der Waals surface area contributed by atoms with Gasteiger partial charge in [-0.3, -0.25) is 4.98 Å². The van der Waals surface area contributed by atoms with Crippen LogP contribution in [0.3, 0.4) is 0 Å². The van der Waals surface area contributed by atoms with E-state index < -0.39 is 0 Å². The number of hydrogen-bond donors (Lipinski definition) is 1. The quantitative estimate of drug-likeness (QED) is 0.786. The first kappa shape index (κ1) is 13.4. The summed E-state index contributed by atoms with van der Waals surface area (Å²) < 4.78 is 0. The molecule has 6 heteroatoms. The molecular formula is C15H16N6. The highest BCUT2D eigenvalue weighted by atomic mass is 15.6. The molecule has 3 rings (SSSR count). The molecule has 2 heterocycles. The maximum Gasteiger partial charge on any atom is 0.204 e. The number of benzene rings is 1. The van der Waals surface area contributed by atoms with Crippen LogP contribution >= 0.6 is 0 Å². The van der Waals surface area contributed by atoms with Crippen molar-refractivity contribution in [2.75, 3.05) is 0 Å². The predicted molar refractivity (Wildman–Crippen MR) is 79.3 cm³/mol. The van der Waals surface area contributed by atoms with Gasteiger partial charge in [-0.15, -0.1) is 10.2 Å². The van der Waals surface area contributed by atoms with Crippen LogP contribution in [-0.4, -0.2) is 31.2 Å².